The van der Waals surface area contributed by atoms with Crippen LogP contribution in [-0.4, -0.2) is 43.8 Å². The lowest BCUT2D eigenvalue weighted by Gasteiger charge is -2.28. The van der Waals surface area contributed by atoms with Gasteiger partial charge in [0.2, 0.25) is 0 Å². The van der Waals surface area contributed by atoms with E-state index >= 15 is 0 Å². The van der Waals surface area contributed by atoms with E-state index in [-0.39, 0.29) is 5.54 Å². The van der Waals surface area contributed by atoms with Crippen LogP contribution in [0.2, 0.25) is 0 Å². The molecule has 0 spiro atoms. The van der Waals surface area contributed by atoms with E-state index in [4.69, 9.17) is 10.5 Å². The molecular formula is C11H22N2O. The maximum atomic E-state index is 6.18. The predicted octanol–water partition coefficient (Wildman–Crippen LogP) is 1.00. The Morgan fingerprint density at radius 3 is 3.00 bits per heavy atom. The van der Waals surface area contributed by atoms with Crippen molar-refractivity contribution in [3.05, 3.63) is 12.7 Å². The van der Waals surface area contributed by atoms with Crippen LogP contribution in [0.4, 0.5) is 0 Å². The molecule has 0 saturated carbocycles. The molecule has 3 nitrogen and oxygen atoms in total. The Hall–Kier alpha value is -0.380. The Morgan fingerprint density at radius 2 is 2.43 bits per heavy atom. The van der Waals surface area contributed by atoms with Gasteiger partial charge < -0.3 is 15.4 Å². The van der Waals surface area contributed by atoms with Gasteiger partial charge in [-0.25, -0.2) is 0 Å². The highest BCUT2D eigenvalue weighted by molar-refractivity contribution is 4.90. The first-order valence-corrected chi connectivity index (χ1v) is 5.32. The van der Waals surface area contributed by atoms with Gasteiger partial charge in [0.1, 0.15) is 0 Å². The molecular weight excluding hydrogens is 176 g/mol. The van der Waals surface area contributed by atoms with Gasteiger partial charge in [-0.2, -0.15) is 0 Å². The first kappa shape index (κ1) is 11.7. The number of hydrogen-bond donors (Lipinski definition) is 1. The molecule has 1 atom stereocenters. The summed E-state index contributed by atoms with van der Waals surface area (Å²) < 4.78 is 5.32. The zero-order chi connectivity index (χ0) is 10.4. The third-order valence-corrected chi connectivity index (χ3v) is 2.67. The van der Waals surface area contributed by atoms with Crippen molar-refractivity contribution < 1.29 is 4.74 Å². The molecule has 1 heterocycles. The molecule has 82 valence electrons. The van der Waals surface area contributed by atoms with E-state index in [0.717, 1.165) is 39.0 Å². The van der Waals surface area contributed by atoms with Crippen molar-refractivity contribution in [3.8, 4) is 0 Å². The van der Waals surface area contributed by atoms with Gasteiger partial charge >= 0.3 is 0 Å². The summed E-state index contributed by atoms with van der Waals surface area (Å²) in [4.78, 5) is 2.29. The van der Waals surface area contributed by atoms with Crippen molar-refractivity contribution in [1.29, 1.82) is 0 Å². The number of unbranched alkanes of at least 4 members (excludes halogenated alkanes) is 1. The van der Waals surface area contributed by atoms with Crippen molar-refractivity contribution in [1.82, 2.24) is 4.90 Å². The lowest BCUT2D eigenvalue weighted by Crippen LogP contribution is -2.49. The predicted molar refractivity (Wildman–Crippen MR) is 59.3 cm³/mol. The number of likely N-dealkylation sites (N-methyl/N-ethyl adjacent to an activating group) is 1. The highest BCUT2D eigenvalue weighted by Crippen LogP contribution is 2.16. The minimum Gasteiger partial charge on any atom is -0.379 e. The summed E-state index contributed by atoms with van der Waals surface area (Å²) in [6.07, 6.45) is 5.19. The Kier molecular flexibility index (Phi) is 4.58. The number of hydrogen-bond acceptors (Lipinski definition) is 3. The van der Waals surface area contributed by atoms with Crippen molar-refractivity contribution in [2.24, 2.45) is 5.73 Å². The summed E-state index contributed by atoms with van der Waals surface area (Å²) in [7, 11) is 2.12. The lowest BCUT2D eigenvalue weighted by atomic mass is 10.00. The molecule has 14 heavy (non-hydrogen) atoms. The van der Waals surface area contributed by atoms with Gasteiger partial charge in [0.25, 0.3) is 0 Å². The summed E-state index contributed by atoms with van der Waals surface area (Å²) in [6, 6.07) is 0. The van der Waals surface area contributed by atoms with Crippen LogP contribution >= 0.6 is 0 Å². The molecule has 0 aromatic rings. The van der Waals surface area contributed by atoms with Gasteiger partial charge in [-0.1, -0.05) is 6.08 Å². The van der Waals surface area contributed by atoms with Gasteiger partial charge in [0.15, 0.2) is 0 Å². The smallest absolute Gasteiger partial charge is 0.0659 e. The molecule has 0 aromatic carbocycles. The summed E-state index contributed by atoms with van der Waals surface area (Å²) in [6.45, 7) is 7.26. The van der Waals surface area contributed by atoms with E-state index in [1.54, 1.807) is 0 Å². The normalized spacial score (nSPS) is 27.1. The molecule has 0 aromatic heterocycles. The van der Waals surface area contributed by atoms with E-state index in [2.05, 4.69) is 18.5 Å². The number of rotatable bonds is 6. The molecule has 3 heteroatoms. The van der Waals surface area contributed by atoms with Crippen LogP contribution in [0.25, 0.3) is 0 Å². The molecule has 1 aliphatic heterocycles. The highest BCUT2D eigenvalue weighted by Gasteiger charge is 2.31. The topological polar surface area (TPSA) is 38.5 Å². The van der Waals surface area contributed by atoms with E-state index in [0.29, 0.717) is 6.61 Å². The van der Waals surface area contributed by atoms with Crippen molar-refractivity contribution in [2.45, 2.75) is 24.8 Å². The third kappa shape index (κ3) is 3.78. The molecule has 1 saturated heterocycles. The van der Waals surface area contributed by atoms with Crippen LogP contribution in [0.5, 0.6) is 0 Å². The number of nitrogens with two attached hydrogens (primary N) is 1. The summed E-state index contributed by atoms with van der Waals surface area (Å²) in [5.74, 6) is 0. The van der Waals surface area contributed by atoms with Gasteiger partial charge in [-0.15, -0.1) is 6.58 Å². The van der Waals surface area contributed by atoms with E-state index in [1.807, 2.05) is 6.08 Å². The molecule has 0 amide bonds. The van der Waals surface area contributed by atoms with Crippen molar-refractivity contribution in [3.63, 3.8) is 0 Å². The fourth-order valence-electron chi connectivity index (χ4n) is 1.87. The van der Waals surface area contributed by atoms with E-state index < -0.39 is 0 Å². The minimum atomic E-state index is -0.108. The van der Waals surface area contributed by atoms with Gasteiger partial charge in [0, 0.05) is 13.2 Å². The fourth-order valence-corrected chi connectivity index (χ4v) is 1.87. The molecule has 1 rings (SSSR count). The first-order valence-electron chi connectivity index (χ1n) is 5.32. The van der Waals surface area contributed by atoms with Crippen LogP contribution in [0.15, 0.2) is 12.7 Å². The van der Waals surface area contributed by atoms with Crippen molar-refractivity contribution >= 4 is 0 Å². The molecule has 2 N–H and O–H groups in total. The monoisotopic (exact) mass is 198 g/mol. The molecule has 1 aliphatic rings. The quantitative estimate of drug-likeness (QED) is 0.511. The van der Waals surface area contributed by atoms with Crippen LogP contribution in [0.1, 0.15) is 19.3 Å². The van der Waals surface area contributed by atoms with Crippen molar-refractivity contribution in [2.75, 3.05) is 33.4 Å². The second kappa shape index (κ2) is 5.49. The van der Waals surface area contributed by atoms with E-state index in [1.165, 1.54) is 0 Å². The second-order valence-electron chi connectivity index (χ2n) is 4.33. The standard InChI is InChI=1S/C11H22N2O/c1-3-4-5-7-13(2)9-11(12)6-8-14-10-11/h3H,1,4-10,12H2,2H3. The summed E-state index contributed by atoms with van der Waals surface area (Å²) in [5.41, 5.74) is 6.07. The minimum absolute atomic E-state index is 0.108. The SMILES string of the molecule is C=CCCCN(C)CC1(N)CCOC1. The Morgan fingerprint density at radius 1 is 1.64 bits per heavy atom. The Bertz CT molecular complexity index is 176. The Balaban J connectivity index is 2.18. The zero-order valence-electron chi connectivity index (χ0n) is 9.17. The average molecular weight is 198 g/mol. The second-order valence-corrected chi connectivity index (χ2v) is 4.33. The van der Waals surface area contributed by atoms with Crippen LogP contribution in [-0.2, 0) is 4.74 Å². The highest BCUT2D eigenvalue weighted by atomic mass is 16.5. The van der Waals surface area contributed by atoms with Crippen LogP contribution < -0.4 is 5.73 Å². The summed E-state index contributed by atoms with van der Waals surface area (Å²) >= 11 is 0. The van der Waals surface area contributed by atoms with Gasteiger partial charge in [-0.3, -0.25) is 0 Å². The van der Waals surface area contributed by atoms with Gasteiger partial charge in [0.05, 0.1) is 12.1 Å². The molecule has 0 bridgehead atoms. The molecule has 1 unspecified atom stereocenters. The first-order chi connectivity index (χ1) is 6.66. The van der Waals surface area contributed by atoms with Gasteiger partial charge in [-0.05, 0) is 32.9 Å². The summed E-state index contributed by atoms with van der Waals surface area (Å²) in [5, 5.41) is 0. The number of ether oxygens (including phenoxy) is 1. The molecule has 0 aliphatic carbocycles. The largest absolute Gasteiger partial charge is 0.379 e. The van der Waals surface area contributed by atoms with Crippen LogP contribution in [0, 0.1) is 0 Å². The van der Waals surface area contributed by atoms with Crippen LogP contribution in [0.3, 0.4) is 0 Å². The lowest BCUT2D eigenvalue weighted by molar-refractivity contribution is 0.161. The maximum absolute atomic E-state index is 6.18. The maximum Gasteiger partial charge on any atom is 0.0659 e. The number of allylic oxidation sites excluding steroid dienone is 1. The third-order valence-electron chi connectivity index (χ3n) is 2.67. The zero-order valence-corrected chi connectivity index (χ0v) is 9.17. The molecule has 0 radical (unpaired) electrons. The Labute approximate surface area is 86.9 Å². The van der Waals surface area contributed by atoms with E-state index in [9.17, 15) is 0 Å². The average Bonchev–Trinajstić information content (AvgIpc) is 2.52. The molecule has 1 fully saturated rings. The fraction of sp³-hybridized carbons (Fsp3) is 0.818. The number of nitrogens with zero attached hydrogens (tertiary/aromatic N) is 1.